The summed E-state index contributed by atoms with van der Waals surface area (Å²) in [7, 11) is 0. The second-order valence-corrected chi connectivity index (χ2v) is 10.6. The predicted octanol–water partition coefficient (Wildman–Crippen LogP) is 3.98. The van der Waals surface area contributed by atoms with Gasteiger partial charge in [-0.2, -0.15) is 8.78 Å². The van der Waals surface area contributed by atoms with Gasteiger partial charge in [-0.25, -0.2) is 0 Å². The minimum Gasteiger partial charge on any atom is -0.435 e. The third-order valence-corrected chi connectivity index (χ3v) is 8.37. The highest BCUT2D eigenvalue weighted by Crippen LogP contribution is 2.60. The van der Waals surface area contributed by atoms with Gasteiger partial charge in [0, 0.05) is 31.9 Å². The molecular formula is C25H33F2N3O3. The Balaban J connectivity index is 1.13. The van der Waals surface area contributed by atoms with E-state index in [0.717, 1.165) is 37.0 Å². The first-order chi connectivity index (χ1) is 15.8. The minimum absolute atomic E-state index is 0.0517. The van der Waals surface area contributed by atoms with Crippen LogP contribution in [0.25, 0.3) is 0 Å². The molecule has 1 N–H and O–H groups in total. The molecule has 1 saturated heterocycles. The number of hydrogen-bond donors (Lipinski definition) is 1. The van der Waals surface area contributed by atoms with Crippen molar-refractivity contribution >= 4 is 17.5 Å². The Morgan fingerprint density at radius 3 is 2.03 bits per heavy atom. The van der Waals surface area contributed by atoms with Crippen molar-refractivity contribution in [2.75, 3.05) is 31.5 Å². The Labute approximate surface area is 193 Å². The van der Waals surface area contributed by atoms with Crippen LogP contribution in [0.5, 0.6) is 5.75 Å². The maximum absolute atomic E-state index is 13.6. The van der Waals surface area contributed by atoms with Gasteiger partial charge in [-0.1, -0.05) is 0 Å². The van der Waals surface area contributed by atoms with E-state index >= 15 is 0 Å². The van der Waals surface area contributed by atoms with Gasteiger partial charge in [0.15, 0.2) is 0 Å². The number of benzene rings is 1. The second-order valence-electron chi connectivity index (χ2n) is 10.6. The van der Waals surface area contributed by atoms with Gasteiger partial charge in [-0.05, 0) is 87.5 Å². The summed E-state index contributed by atoms with van der Waals surface area (Å²) in [5.41, 5.74) is 0.421. The summed E-state index contributed by atoms with van der Waals surface area (Å²) >= 11 is 0. The number of halogens is 2. The fourth-order valence-corrected chi connectivity index (χ4v) is 7.15. The summed E-state index contributed by atoms with van der Waals surface area (Å²) in [6.45, 7) is 1.66. The lowest BCUT2D eigenvalue weighted by molar-refractivity contribution is -0.159. The Kier molecular flexibility index (Phi) is 6.05. The first-order valence-electron chi connectivity index (χ1n) is 12.2. The summed E-state index contributed by atoms with van der Waals surface area (Å²) in [5, 5.41) is 2.84. The maximum Gasteiger partial charge on any atom is 0.387 e. The lowest BCUT2D eigenvalue weighted by Gasteiger charge is -2.57. The number of rotatable bonds is 6. The first-order valence-corrected chi connectivity index (χ1v) is 12.2. The van der Waals surface area contributed by atoms with Crippen molar-refractivity contribution in [2.24, 2.45) is 23.2 Å². The van der Waals surface area contributed by atoms with E-state index in [0.29, 0.717) is 37.8 Å². The Morgan fingerprint density at radius 2 is 1.52 bits per heavy atom. The minimum atomic E-state index is -2.88. The molecule has 8 heteroatoms. The number of hydrogen-bond acceptors (Lipinski definition) is 4. The third kappa shape index (κ3) is 4.59. The molecule has 4 saturated carbocycles. The molecule has 180 valence electrons. The fraction of sp³-hybridized carbons (Fsp3) is 0.680. The predicted molar refractivity (Wildman–Crippen MR) is 120 cm³/mol. The largest absolute Gasteiger partial charge is 0.435 e. The summed E-state index contributed by atoms with van der Waals surface area (Å²) in [5.74, 6) is 2.52. The van der Waals surface area contributed by atoms with Gasteiger partial charge in [-0.3, -0.25) is 14.5 Å². The number of nitrogens with zero attached hydrogens (tertiary/aromatic N) is 2. The molecule has 1 heterocycles. The zero-order valence-corrected chi connectivity index (χ0v) is 19.1. The van der Waals surface area contributed by atoms with Crippen LogP contribution in [-0.4, -0.2) is 60.4 Å². The average molecular weight is 462 g/mol. The number of nitrogens with one attached hydrogen (secondary N) is 1. The van der Waals surface area contributed by atoms with E-state index in [1.165, 1.54) is 31.4 Å². The van der Waals surface area contributed by atoms with E-state index in [1.807, 2.05) is 6.92 Å². The normalized spacial score (nSPS) is 32.1. The van der Waals surface area contributed by atoms with E-state index in [4.69, 9.17) is 0 Å². The Morgan fingerprint density at radius 1 is 0.970 bits per heavy atom. The van der Waals surface area contributed by atoms with Crippen molar-refractivity contribution in [3.8, 4) is 5.75 Å². The molecule has 0 radical (unpaired) electrons. The molecule has 1 atom stereocenters. The van der Waals surface area contributed by atoms with Gasteiger partial charge in [0.2, 0.25) is 11.8 Å². The van der Waals surface area contributed by atoms with Crippen LogP contribution in [0.4, 0.5) is 14.5 Å². The molecule has 33 heavy (non-hydrogen) atoms. The van der Waals surface area contributed by atoms with Crippen LogP contribution in [0.2, 0.25) is 0 Å². The standard InChI is InChI=1S/C25H33F2N3O3/c1-16(22(31)28-20-2-4-21(5-3-20)33-24(26)27)29-6-8-30(9-7-29)23(32)25-13-17-10-18(14-25)12-19(11-17)15-25/h2-5,16-19,24H,6-15H2,1H3,(H,28,31). The molecule has 2 amide bonds. The summed E-state index contributed by atoms with van der Waals surface area (Å²) in [6.07, 6.45) is 7.23. The SMILES string of the molecule is CC(C(=O)Nc1ccc(OC(F)F)cc1)N1CCN(C(=O)C23CC4CC(CC(C4)C2)C3)CC1. The zero-order chi connectivity index (χ0) is 23.2. The highest BCUT2D eigenvalue weighted by Gasteiger charge is 2.55. The molecular weight excluding hydrogens is 428 g/mol. The zero-order valence-electron chi connectivity index (χ0n) is 19.1. The van der Waals surface area contributed by atoms with Crippen LogP contribution < -0.4 is 10.1 Å². The molecule has 1 aromatic rings. The van der Waals surface area contributed by atoms with E-state index in [-0.39, 0.29) is 23.1 Å². The summed E-state index contributed by atoms with van der Waals surface area (Å²) < 4.78 is 28.9. The topological polar surface area (TPSA) is 61.9 Å². The number of anilines is 1. The monoisotopic (exact) mass is 461 g/mol. The molecule has 5 aliphatic rings. The van der Waals surface area contributed by atoms with Crippen molar-refractivity contribution in [3.63, 3.8) is 0 Å². The van der Waals surface area contributed by atoms with Crippen LogP contribution in [-0.2, 0) is 9.59 Å². The Hall–Kier alpha value is -2.22. The van der Waals surface area contributed by atoms with Crippen LogP contribution in [0.15, 0.2) is 24.3 Å². The molecule has 0 spiro atoms. The van der Waals surface area contributed by atoms with E-state index in [9.17, 15) is 18.4 Å². The van der Waals surface area contributed by atoms with Crippen molar-refractivity contribution in [1.29, 1.82) is 0 Å². The van der Waals surface area contributed by atoms with Crippen molar-refractivity contribution < 1.29 is 23.1 Å². The van der Waals surface area contributed by atoms with E-state index in [2.05, 4.69) is 19.9 Å². The molecule has 1 aliphatic heterocycles. The van der Waals surface area contributed by atoms with E-state index < -0.39 is 6.61 Å². The fourth-order valence-electron chi connectivity index (χ4n) is 7.15. The van der Waals surface area contributed by atoms with Gasteiger partial charge in [0.05, 0.1) is 11.5 Å². The summed E-state index contributed by atoms with van der Waals surface area (Å²) in [4.78, 5) is 30.5. The van der Waals surface area contributed by atoms with Gasteiger partial charge in [-0.15, -0.1) is 0 Å². The molecule has 1 aromatic carbocycles. The van der Waals surface area contributed by atoms with Crippen LogP contribution >= 0.6 is 0 Å². The first kappa shape index (κ1) is 22.6. The van der Waals surface area contributed by atoms with Gasteiger partial charge in [0.25, 0.3) is 0 Å². The summed E-state index contributed by atoms with van der Waals surface area (Å²) in [6, 6.07) is 5.55. The quantitative estimate of drug-likeness (QED) is 0.696. The van der Waals surface area contributed by atoms with Crippen molar-refractivity contribution in [1.82, 2.24) is 9.80 Å². The second kappa shape index (κ2) is 8.85. The molecule has 0 aromatic heterocycles. The number of piperazine rings is 1. The number of ether oxygens (including phenoxy) is 1. The molecule has 5 fully saturated rings. The highest BCUT2D eigenvalue weighted by molar-refractivity contribution is 5.94. The lowest BCUT2D eigenvalue weighted by Crippen LogP contribution is -2.59. The van der Waals surface area contributed by atoms with Crippen LogP contribution in [0.3, 0.4) is 0 Å². The maximum atomic E-state index is 13.6. The number of carbonyl (C=O) groups excluding carboxylic acids is 2. The number of alkyl halides is 2. The number of carbonyl (C=O) groups is 2. The average Bonchev–Trinajstić information content (AvgIpc) is 2.78. The van der Waals surface area contributed by atoms with Crippen LogP contribution in [0, 0.1) is 23.2 Å². The molecule has 1 unspecified atom stereocenters. The van der Waals surface area contributed by atoms with Gasteiger partial charge < -0.3 is 15.0 Å². The third-order valence-electron chi connectivity index (χ3n) is 8.37. The van der Waals surface area contributed by atoms with Crippen LogP contribution in [0.1, 0.15) is 45.4 Å². The molecule has 6 rings (SSSR count). The molecule has 6 nitrogen and oxygen atoms in total. The van der Waals surface area contributed by atoms with Gasteiger partial charge in [0.1, 0.15) is 5.75 Å². The van der Waals surface area contributed by atoms with Crippen molar-refractivity contribution in [2.45, 2.75) is 58.1 Å². The number of amides is 2. The molecule has 4 aliphatic carbocycles. The van der Waals surface area contributed by atoms with E-state index in [1.54, 1.807) is 12.1 Å². The van der Waals surface area contributed by atoms with Gasteiger partial charge >= 0.3 is 6.61 Å². The van der Waals surface area contributed by atoms with Crippen molar-refractivity contribution in [3.05, 3.63) is 24.3 Å². The molecule has 4 bridgehead atoms. The highest BCUT2D eigenvalue weighted by atomic mass is 19.3. The lowest BCUT2D eigenvalue weighted by atomic mass is 9.49. The Bertz CT molecular complexity index is 848. The smallest absolute Gasteiger partial charge is 0.387 e.